The molecule has 0 heterocycles. The molecule has 0 spiro atoms. The quantitative estimate of drug-likeness (QED) is 0.584. The van der Waals surface area contributed by atoms with Crippen LogP contribution in [0.2, 0.25) is 0 Å². The highest BCUT2D eigenvalue weighted by atomic mass is 16.3. The van der Waals surface area contributed by atoms with E-state index in [4.69, 9.17) is 0 Å². The predicted molar refractivity (Wildman–Crippen MR) is 52.0 cm³/mol. The number of aliphatic hydroxyl groups excluding tert-OH is 1. The summed E-state index contributed by atoms with van der Waals surface area (Å²) in [6.07, 6.45) is 4.82. The van der Waals surface area contributed by atoms with E-state index in [-0.39, 0.29) is 5.41 Å². The fraction of sp³-hybridized carbons (Fsp3) is 0.636. The largest absolute Gasteiger partial charge is 0.512 e. The zero-order chi connectivity index (χ0) is 9.35. The second kappa shape index (κ2) is 2.96. The Morgan fingerprint density at radius 2 is 1.92 bits per heavy atom. The van der Waals surface area contributed by atoms with Gasteiger partial charge in [-0.2, -0.15) is 0 Å². The first-order valence-electron chi connectivity index (χ1n) is 4.47. The van der Waals surface area contributed by atoms with Gasteiger partial charge in [-0.25, -0.2) is 0 Å². The van der Waals surface area contributed by atoms with E-state index < -0.39 is 0 Å². The summed E-state index contributed by atoms with van der Waals surface area (Å²) < 4.78 is 0. The lowest BCUT2D eigenvalue weighted by molar-refractivity contribution is 0.197. The molecule has 0 aromatic rings. The lowest BCUT2D eigenvalue weighted by atomic mass is 9.74. The van der Waals surface area contributed by atoms with E-state index in [1.165, 1.54) is 5.57 Å². The molecule has 0 radical (unpaired) electrons. The summed E-state index contributed by atoms with van der Waals surface area (Å²) in [7, 11) is 0. The summed E-state index contributed by atoms with van der Waals surface area (Å²) in [4.78, 5) is 0. The van der Waals surface area contributed by atoms with Crippen molar-refractivity contribution >= 4 is 0 Å². The second-order valence-corrected chi connectivity index (χ2v) is 4.73. The lowest BCUT2D eigenvalue weighted by Crippen LogP contribution is -2.24. The molecule has 12 heavy (non-hydrogen) atoms. The van der Waals surface area contributed by atoms with E-state index in [0.29, 0.717) is 11.7 Å². The number of aliphatic hydroxyl groups is 1. The predicted octanol–water partition coefficient (Wildman–Crippen LogP) is 3.44. The van der Waals surface area contributed by atoms with E-state index in [1.807, 2.05) is 12.2 Å². The van der Waals surface area contributed by atoms with Gasteiger partial charge in [0, 0.05) is 5.92 Å². The van der Waals surface area contributed by atoms with Crippen LogP contribution in [-0.2, 0) is 0 Å². The van der Waals surface area contributed by atoms with Crippen molar-refractivity contribution in [1.29, 1.82) is 0 Å². The van der Waals surface area contributed by atoms with Gasteiger partial charge in [0.15, 0.2) is 0 Å². The van der Waals surface area contributed by atoms with Gasteiger partial charge < -0.3 is 5.11 Å². The summed E-state index contributed by atoms with van der Waals surface area (Å²) in [6.45, 7) is 8.61. The monoisotopic (exact) mass is 166 g/mol. The van der Waals surface area contributed by atoms with Crippen LogP contribution in [0.25, 0.3) is 0 Å². The van der Waals surface area contributed by atoms with Crippen molar-refractivity contribution in [3.63, 3.8) is 0 Å². The van der Waals surface area contributed by atoms with Crippen molar-refractivity contribution in [2.24, 2.45) is 11.3 Å². The van der Waals surface area contributed by atoms with Crippen LogP contribution in [-0.4, -0.2) is 5.11 Å². The number of hydrogen-bond acceptors (Lipinski definition) is 1. The molecular weight excluding hydrogens is 148 g/mol. The van der Waals surface area contributed by atoms with E-state index in [2.05, 4.69) is 27.7 Å². The average molecular weight is 166 g/mol. The minimum absolute atomic E-state index is 0.163. The SMILES string of the molecule is CC1=CC=C(O)C(C(C)(C)C)C1. The van der Waals surface area contributed by atoms with Crippen LogP contribution < -0.4 is 0 Å². The first kappa shape index (κ1) is 9.37. The summed E-state index contributed by atoms with van der Waals surface area (Å²) in [5.41, 5.74) is 1.52. The summed E-state index contributed by atoms with van der Waals surface area (Å²) >= 11 is 0. The third kappa shape index (κ3) is 1.90. The van der Waals surface area contributed by atoms with Gasteiger partial charge in [-0.15, -0.1) is 0 Å². The highest BCUT2D eigenvalue weighted by molar-refractivity contribution is 5.22. The van der Waals surface area contributed by atoms with Gasteiger partial charge in [0.05, 0.1) is 5.76 Å². The molecule has 1 N–H and O–H groups in total. The molecule has 0 saturated carbocycles. The molecule has 1 aliphatic carbocycles. The lowest BCUT2D eigenvalue weighted by Gasteiger charge is -2.32. The Bertz CT molecular complexity index is 228. The van der Waals surface area contributed by atoms with Gasteiger partial charge >= 0.3 is 0 Å². The third-order valence-electron chi connectivity index (χ3n) is 2.47. The van der Waals surface area contributed by atoms with Crippen molar-refractivity contribution in [1.82, 2.24) is 0 Å². The molecule has 1 atom stereocenters. The third-order valence-corrected chi connectivity index (χ3v) is 2.47. The molecule has 68 valence electrons. The van der Waals surface area contributed by atoms with Crippen molar-refractivity contribution in [3.8, 4) is 0 Å². The fourth-order valence-corrected chi connectivity index (χ4v) is 1.59. The maximum Gasteiger partial charge on any atom is 0.0961 e. The van der Waals surface area contributed by atoms with E-state index in [0.717, 1.165) is 6.42 Å². The smallest absolute Gasteiger partial charge is 0.0961 e. The van der Waals surface area contributed by atoms with Crippen LogP contribution in [0.5, 0.6) is 0 Å². The molecule has 0 aromatic heterocycles. The molecule has 0 amide bonds. The Balaban J connectivity index is 2.84. The van der Waals surface area contributed by atoms with Crippen molar-refractivity contribution in [2.45, 2.75) is 34.1 Å². The van der Waals surface area contributed by atoms with Crippen LogP contribution >= 0.6 is 0 Å². The average Bonchev–Trinajstić information content (AvgIpc) is 1.92. The molecular formula is C11H18O. The van der Waals surface area contributed by atoms with Crippen LogP contribution in [0.4, 0.5) is 0 Å². The van der Waals surface area contributed by atoms with E-state index in [9.17, 15) is 5.11 Å². The minimum Gasteiger partial charge on any atom is -0.512 e. The van der Waals surface area contributed by atoms with Gasteiger partial charge in [-0.3, -0.25) is 0 Å². The molecule has 0 aliphatic heterocycles. The zero-order valence-electron chi connectivity index (χ0n) is 8.39. The Morgan fingerprint density at radius 3 is 2.33 bits per heavy atom. The van der Waals surface area contributed by atoms with Gasteiger partial charge in [0.2, 0.25) is 0 Å². The van der Waals surface area contributed by atoms with Crippen molar-refractivity contribution < 1.29 is 5.11 Å². The Kier molecular flexibility index (Phi) is 2.31. The highest BCUT2D eigenvalue weighted by Crippen LogP contribution is 2.37. The highest BCUT2D eigenvalue weighted by Gasteiger charge is 2.29. The first-order valence-corrected chi connectivity index (χ1v) is 4.47. The second-order valence-electron chi connectivity index (χ2n) is 4.73. The Hall–Kier alpha value is -0.720. The van der Waals surface area contributed by atoms with Crippen LogP contribution in [0.15, 0.2) is 23.5 Å². The normalized spacial score (nSPS) is 24.8. The summed E-state index contributed by atoms with van der Waals surface area (Å²) in [6, 6.07) is 0. The molecule has 1 nitrogen and oxygen atoms in total. The zero-order valence-corrected chi connectivity index (χ0v) is 8.39. The first-order chi connectivity index (χ1) is 5.41. The number of hydrogen-bond donors (Lipinski definition) is 1. The van der Waals surface area contributed by atoms with E-state index >= 15 is 0 Å². The molecule has 1 rings (SSSR count). The molecule has 1 aliphatic rings. The van der Waals surface area contributed by atoms with Crippen LogP contribution in [0.3, 0.4) is 0 Å². The standard InChI is InChI=1S/C11H18O/c1-8-5-6-10(12)9(7-8)11(2,3)4/h5-6,9,12H,7H2,1-4H3. The molecule has 0 bridgehead atoms. The summed E-state index contributed by atoms with van der Waals surface area (Å²) in [5.74, 6) is 0.829. The van der Waals surface area contributed by atoms with Gasteiger partial charge in [0.1, 0.15) is 0 Å². The molecule has 0 aromatic carbocycles. The van der Waals surface area contributed by atoms with Crippen LogP contribution in [0, 0.1) is 11.3 Å². The maximum absolute atomic E-state index is 9.64. The van der Waals surface area contributed by atoms with Gasteiger partial charge in [0.25, 0.3) is 0 Å². The van der Waals surface area contributed by atoms with Gasteiger partial charge in [-0.1, -0.05) is 32.4 Å². The maximum atomic E-state index is 9.64. The van der Waals surface area contributed by atoms with Crippen molar-refractivity contribution in [3.05, 3.63) is 23.5 Å². The minimum atomic E-state index is 0.163. The summed E-state index contributed by atoms with van der Waals surface area (Å²) in [5, 5.41) is 9.64. The number of allylic oxidation sites excluding steroid dienone is 4. The van der Waals surface area contributed by atoms with Crippen LogP contribution in [0.1, 0.15) is 34.1 Å². The molecule has 1 heteroatoms. The molecule has 0 fully saturated rings. The molecule has 1 unspecified atom stereocenters. The fourth-order valence-electron chi connectivity index (χ4n) is 1.59. The topological polar surface area (TPSA) is 20.2 Å². The Morgan fingerprint density at radius 1 is 1.33 bits per heavy atom. The number of rotatable bonds is 0. The Labute approximate surface area is 74.8 Å². The van der Waals surface area contributed by atoms with Crippen molar-refractivity contribution in [2.75, 3.05) is 0 Å². The van der Waals surface area contributed by atoms with E-state index in [1.54, 1.807) is 0 Å². The van der Waals surface area contributed by atoms with Gasteiger partial charge in [-0.05, 0) is 24.8 Å². The molecule has 0 saturated heterocycles.